The van der Waals surface area contributed by atoms with E-state index >= 15 is 0 Å². The standard InChI is InChI=1S/C24H24N2O3S/c27-24(28)19-14-26(15-19)13-16-4-6-18(7-5-16)23-25-12-22(30-23)17-8-10-21(11-9-17)29-20-2-1-3-20/h4-12,19-20H,1-3,13-15H2,(H,27,28). The maximum atomic E-state index is 10.9. The maximum absolute atomic E-state index is 10.9. The molecule has 1 saturated carbocycles. The zero-order valence-corrected chi connectivity index (χ0v) is 17.5. The molecule has 2 aliphatic rings. The van der Waals surface area contributed by atoms with Gasteiger partial charge in [0.1, 0.15) is 10.8 Å². The van der Waals surface area contributed by atoms with Crippen LogP contribution >= 0.6 is 11.3 Å². The van der Waals surface area contributed by atoms with Crippen molar-refractivity contribution in [2.45, 2.75) is 31.9 Å². The van der Waals surface area contributed by atoms with Crippen molar-refractivity contribution in [3.8, 4) is 26.8 Å². The summed E-state index contributed by atoms with van der Waals surface area (Å²) in [5.74, 6) is 0.0409. The Labute approximate surface area is 180 Å². The quantitative estimate of drug-likeness (QED) is 0.588. The molecule has 1 aliphatic heterocycles. The molecule has 6 heteroatoms. The predicted molar refractivity (Wildman–Crippen MR) is 118 cm³/mol. The Morgan fingerprint density at radius 1 is 1.07 bits per heavy atom. The van der Waals surface area contributed by atoms with E-state index < -0.39 is 5.97 Å². The lowest BCUT2D eigenvalue weighted by Crippen LogP contribution is -2.49. The van der Waals surface area contributed by atoms with E-state index in [1.807, 2.05) is 18.3 Å². The smallest absolute Gasteiger partial charge is 0.309 e. The molecule has 5 nitrogen and oxygen atoms in total. The minimum absolute atomic E-state index is 0.211. The molecule has 2 heterocycles. The van der Waals surface area contributed by atoms with Crippen LogP contribution in [0.3, 0.4) is 0 Å². The van der Waals surface area contributed by atoms with Crippen LogP contribution < -0.4 is 4.74 Å². The van der Waals surface area contributed by atoms with Crippen molar-refractivity contribution in [3.05, 3.63) is 60.3 Å². The van der Waals surface area contributed by atoms with Gasteiger partial charge in [-0.25, -0.2) is 4.98 Å². The molecule has 1 aliphatic carbocycles. The molecule has 1 saturated heterocycles. The van der Waals surface area contributed by atoms with Crippen molar-refractivity contribution in [1.82, 2.24) is 9.88 Å². The highest BCUT2D eigenvalue weighted by Crippen LogP contribution is 2.34. The maximum Gasteiger partial charge on any atom is 0.309 e. The third kappa shape index (κ3) is 4.11. The number of aromatic nitrogens is 1. The van der Waals surface area contributed by atoms with Crippen LogP contribution in [0.1, 0.15) is 24.8 Å². The van der Waals surface area contributed by atoms with Crippen molar-refractivity contribution >= 4 is 17.3 Å². The molecule has 3 aromatic rings. The Morgan fingerprint density at radius 2 is 1.77 bits per heavy atom. The fraction of sp³-hybridized carbons (Fsp3) is 0.333. The largest absolute Gasteiger partial charge is 0.490 e. The predicted octanol–water partition coefficient (Wildman–Crippen LogP) is 4.92. The topological polar surface area (TPSA) is 62.7 Å². The molecule has 2 aromatic carbocycles. The van der Waals surface area contributed by atoms with E-state index in [0.717, 1.165) is 33.3 Å². The van der Waals surface area contributed by atoms with Crippen LogP contribution in [0.4, 0.5) is 0 Å². The molecule has 0 unspecified atom stereocenters. The first-order valence-electron chi connectivity index (χ1n) is 10.4. The number of carboxylic acid groups (broad SMARTS) is 1. The Balaban J connectivity index is 1.21. The second kappa shape index (κ2) is 8.20. The molecular weight excluding hydrogens is 396 g/mol. The summed E-state index contributed by atoms with van der Waals surface area (Å²) in [6, 6.07) is 16.7. The molecule has 30 heavy (non-hydrogen) atoms. The van der Waals surface area contributed by atoms with Gasteiger partial charge in [-0.3, -0.25) is 9.69 Å². The Kier molecular flexibility index (Phi) is 5.27. The lowest BCUT2D eigenvalue weighted by atomic mass is 9.96. The summed E-state index contributed by atoms with van der Waals surface area (Å²) in [6.45, 7) is 2.07. The summed E-state index contributed by atoms with van der Waals surface area (Å²) in [4.78, 5) is 18.8. The Hall–Kier alpha value is -2.70. The highest BCUT2D eigenvalue weighted by atomic mass is 32.1. The molecular formula is C24H24N2O3S. The van der Waals surface area contributed by atoms with E-state index in [4.69, 9.17) is 9.84 Å². The zero-order chi connectivity index (χ0) is 20.5. The summed E-state index contributed by atoms with van der Waals surface area (Å²) in [7, 11) is 0. The van der Waals surface area contributed by atoms with E-state index in [1.54, 1.807) is 11.3 Å². The van der Waals surface area contributed by atoms with Gasteiger partial charge in [0.15, 0.2) is 0 Å². The second-order valence-corrected chi connectivity index (χ2v) is 9.18. The van der Waals surface area contributed by atoms with Gasteiger partial charge in [-0.2, -0.15) is 0 Å². The first-order valence-corrected chi connectivity index (χ1v) is 11.2. The van der Waals surface area contributed by atoms with Gasteiger partial charge in [0.05, 0.1) is 16.9 Å². The zero-order valence-electron chi connectivity index (χ0n) is 16.7. The van der Waals surface area contributed by atoms with Crippen LogP contribution in [0.15, 0.2) is 54.7 Å². The highest BCUT2D eigenvalue weighted by molar-refractivity contribution is 7.18. The number of carboxylic acids is 1. The van der Waals surface area contributed by atoms with Crippen molar-refractivity contribution in [1.29, 1.82) is 0 Å². The summed E-state index contributed by atoms with van der Waals surface area (Å²) >= 11 is 1.69. The molecule has 0 spiro atoms. The first kappa shape index (κ1) is 19.3. The van der Waals surface area contributed by atoms with Gasteiger partial charge in [-0.05, 0) is 54.7 Å². The minimum atomic E-state index is -0.693. The van der Waals surface area contributed by atoms with Crippen LogP contribution in [-0.4, -0.2) is 40.2 Å². The van der Waals surface area contributed by atoms with E-state index in [0.29, 0.717) is 19.2 Å². The van der Waals surface area contributed by atoms with Gasteiger partial charge in [-0.15, -0.1) is 11.3 Å². The van der Waals surface area contributed by atoms with E-state index in [1.165, 1.54) is 24.8 Å². The minimum Gasteiger partial charge on any atom is -0.490 e. The van der Waals surface area contributed by atoms with Crippen molar-refractivity contribution in [3.63, 3.8) is 0 Å². The van der Waals surface area contributed by atoms with Crippen LogP contribution in [0.2, 0.25) is 0 Å². The third-order valence-corrected chi connectivity index (χ3v) is 7.01. The summed E-state index contributed by atoms with van der Waals surface area (Å²) in [5.41, 5.74) is 3.45. The van der Waals surface area contributed by atoms with Gasteiger partial charge >= 0.3 is 5.97 Å². The van der Waals surface area contributed by atoms with E-state index in [-0.39, 0.29) is 5.92 Å². The van der Waals surface area contributed by atoms with Crippen LogP contribution in [0.25, 0.3) is 21.0 Å². The van der Waals surface area contributed by atoms with Crippen molar-refractivity contribution in [2.24, 2.45) is 5.92 Å². The summed E-state index contributed by atoms with van der Waals surface area (Å²) in [5, 5.41) is 9.99. The van der Waals surface area contributed by atoms with Crippen molar-refractivity contribution < 1.29 is 14.6 Å². The number of ether oxygens (including phenoxy) is 1. The lowest BCUT2D eigenvalue weighted by molar-refractivity contribution is -0.147. The first-order chi connectivity index (χ1) is 14.6. The number of nitrogens with zero attached hydrogens (tertiary/aromatic N) is 2. The molecule has 0 radical (unpaired) electrons. The second-order valence-electron chi connectivity index (χ2n) is 8.15. The molecule has 1 N–H and O–H groups in total. The molecule has 0 amide bonds. The fourth-order valence-corrected chi connectivity index (χ4v) is 4.71. The fourth-order valence-electron chi connectivity index (χ4n) is 3.79. The van der Waals surface area contributed by atoms with E-state index in [9.17, 15) is 4.79 Å². The van der Waals surface area contributed by atoms with Gasteiger partial charge in [-0.1, -0.05) is 24.3 Å². The molecule has 2 fully saturated rings. The van der Waals surface area contributed by atoms with Gasteiger partial charge in [0.2, 0.25) is 0 Å². The average molecular weight is 421 g/mol. The van der Waals surface area contributed by atoms with Crippen LogP contribution in [0.5, 0.6) is 5.75 Å². The van der Waals surface area contributed by atoms with Gasteiger partial charge in [0.25, 0.3) is 0 Å². The lowest BCUT2D eigenvalue weighted by Gasteiger charge is -2.36. The van der Waals surface area contributed by atoms with Crippen molar-refractivity contribution in [2.75, 3.05) is 13.1 Å². The number of rotatable bonds is 7. The highest BCUT2D eigenvalue weighted by Gasteiger charge is 2.32. The number of hydrogen-bond acceptors (Lipinski definition) is 5. The van der Waals surface area contributed by atoms with Crippen LogP contribution in [0, 0.1) is 5.92 Å². The van der Waals surface area contributed by atoms with Gasteiger partial charge in [0, 0.05) is 31.4 Å². The SMILES string of the molecule is O=C(O)C1CN(Cc2ccc(-c3ncc(-c4ccc(OC5CCC5)cc4)s3)cc2)C1. The normalized spacial score (nSPS) is 17.3. The Morgan fingerprint density at radius 3 is 2.40 bits per heavy atom. The molecule has 1 aromatic heterocycles. The number of hydrogen-bond donors (Lipinski definition) is 1. The molecule has 0 atom stereocenters. The number of thiazole rings is 1. The number of aliphatic carboxylic acids is 1. The molecule has 154 valence electrons. The monoisotopic (exact) mass is 420 g/mol. The average Bonchev–Trinajstić information content (AvgIpc) is 3.18. The molecule has 5 rings (SSSR count). The van der Waals surface area contributed by atoms with Crippen LogP contribution in [-0.2, 0) is 11.3 Å². The summed E-state index contributed by atoms with van der Waals surface area (Å²) < 4.78 is 5.94. The van der Waals surface area contributed by atoms with E-state index in [2.05, 4.69) is 46.3 Å². The third-order valence-electron chi connectivity index (χ3n) is 5.91. The number of carbonyl (C=O) groups is 1. The molecule has 0 bridgehead atoms. The number of likely N-dealkylation sites (tertiary alicyclic amines) is 1. The van der Waals surface area contributed by atoms with Gasteiger partial charge < -0.3 is 9.84 Å². The summed E-state index contributed by atoms with van der Waals surface area (Å²) in [6.07, 6.45) is 5.94. The number of benzene rings is 2. The Bertz CT molecular complexity index is 1020.